The van der Waals surface area contributed by atoms with Crippen LogP contribution < -0.4 is 30.2 Å². The zero-order valence-electron chi connectivity index (χ0n) is 18.6. The van der Waals surface area contributed by atoms with E-state index in [4.69, 9.17) is 4.74 Å². The van der Waals surface area contributed by atoms with Crippen molar-refractivity contribution in [1.82, 2.24) is 5.32 Å². The fraction of sp³-hybridized carbons (Fsp3) is 0.364. The van der Waals surface area contributed by atoms with Gasteiger partial charge in [-0.3, -0.25) is 4.79 Å². The first-order valence-electron chi connectivity index (χ1n) is 10.5. The molecule has 3 rings (SSSR count). The Balaban J connectivity index is 1.55. The molecular formula is C22H21F6N3O5. The summed E-state index contributed by atoms with van der Waals surface area (Å²) in [7, 11) is 0. The van der Waals surface area contributed by atoms with Gasteiger partial charge in [-0.2, -0.15) is 0 Å². The van der Waals surface area contributed by atoms with Crippen LogP contribution in [0.3, 0.4) is 0 Å². The molecule has 36 heavy (non-hydrogen) atoms. The predicted molar refractivity (Wildman–Crippen MR) is 115 cm³/mol. The lowest BCUT2D eigenvalue weighted by atomic mass is 10.2. The van der Waals surface area contributed by atoms with Gasteiger partial charge in [-0.15, -0.1) is 26.3 Å². The standard InChI is InChI=1S/C22H21F6N3O5/c1-12(32)29-18-11-16(7-8-19(18)36-22(26,27)28)34-15-6-5-14(9-15)31-20(33)30-13-3-2-4-17(10-13)35-21(23,24)25/h2-4,7-8,10-11,14-15H,5-6,9H2,1H3,(H,29,32)(H2,30,31,33). The third-order valence-electron chi connectivity index (χ3n) is 4.84. The summed E-state index contributed by atoms with van der Waals surface area (Å²) < 4.78 is 88.4. The van der Waals surface area contributed by atoms with Crippen molar-refractivity contribution in [3.8, 4) is 17.2 Å². The second-order valence-corrected chi connectivity index (χ2v) is 7.81. The lowest BCUT2D eigenvalue weighted by Gasteiger charge is -2.18. The number of carbonyl (C=O) groups excluding carboxylic acids is 2. The number of rotatable bonds is 7. The first kappa shape index (κ1) is 26.8. The molecule has 0 aliphatic heterocycles. The van der Waals surface area contributed by atoms with E-state index >= 15 is 0 Å². The molecule has 1 aliphatic carbocycles. The zero-order valence-corrected chi connectivity index (χ0v) is 18.6. The van der Waals surface area contributed by atoms with Crippen molar-refractivity contribution >= 4 is 23.3 Å². The first-order valence-corrected chi connectivity index (χ1v) is 10.5. The minimum Gasteiger partial charge on any atom is -0.490 e. The number of halogens is 6. The molecule has 2 atom stereocenters. The highest BCUT2D eigenvalue weighted by Gasteiger charge is 2.33. The summed E-state index contributed by atoms with van der Waals surface area (Å²) in [6.45, 7) is 1.13. The Morgan fingerprint density at radius 3 is 2.28 bits per heavy atom. The molecule has 2 unspecified atom stereocenters. The monoisotopic (exact) mass is 521 g/mol. The molecule has 0 spiro atoms. The van der Waals surface area contributed by atoms with E-state index in [0.29, 0.717) is 19.3 Å². The predicted octanol–water partition coefficient (Wildman–Crippen LogP) is 5.56. The molecule has 0 saturated heterocycles. The number of alkyl halides is 6. The van der Waals surface area contributed by atoms with E-state index in [0.717, 1.165) is 25.1 Å². The number of anilines is 2. The molecular weight excluding hydrogens is 500 g/mol. The van der Waals surface area contributed by atoms with E-state index < -0.39 is 42.3 Å². The molecule has 0 radical (unpaired) electrons. The van der Waals surface area contributed by atoms with Crippen molar-refractivity contribution < 1.29 is 50.1 Å². The molecule has 3 N–H and O–H groups in total. The lowest BCUT2D eigenvalue weighted by molar-refractivity contribution is -0.275. The van der Waals surface area contributed by atoms with Crippen molar-refractivity contribution in [1.29, 1.82) is 0 Å². The third-order valence-corrected chi connectivity index (χ3v) is 4.84. The second-order valence-electron chi connectivity index (χ2n) is 7.81. The number of benzene rings is 2. The van der Waals surface area contributed by atoms with Crippen LogP contribution in [0.4, 0.5) is 42.5 Å². The molecule has 0 aromatic heterocycles. The van der Waals surface area contributed by atoms with Crippen LogP contribution in [0.1, 0.15) is 26.2 Å². The number of amides is 3. The van der Waals surface area contributed by atoms with Gasteiger partial charge in [0.15, 0.2) is 5.75 Å². The van der Waals surface area contributed by atoms with Crippen LogP contribution in [-0.2, 0) is 4.79 Å². The average molecular weight is 521 g/mol. The average Bonchev–Trinajstić information content (AvgIpc) is 3.14. The van der Waals surface area contributed by atoms with Crippen LogP contribution in [0.25, 0.3) is 0 Å². The summed E-state index contributed by atoms with van der Waals surface area (Å²) in [5.74, 6) is -1.51. The molecule has 0 bridgehead atoms. The summed E-state index contributed by atoms with van der Waals surface area (Å²) in [6, 6.07) is 7.29. The van der Waals surface area contributed by atoms with Gasteiger partial charge in [-0.1, -0.05) is 6.07 Å². The Kier molecular flexibility index (Phi) is 8.05. The van der Waals surface area contributed by atoms with Crippen molar-refractivity contribution in [2.45, 2.75) is 51.1 Å². The number of ether oxygens (including phenoxy) is 3. The minimum atomic E-state index is -4.95. The summed E-state index contributed by atoms with van der Waals surface area (Å²) in [6.07, 6.45) is -8.82. The Morgan fingerprint density at radius 1 is 0.889 bits per heavy atom. The maximum atomic E-state index is 12.6. The van der Waals surface area contributed by atoms with Gasteiger partial charge in [-0.25, -0.2) is 4.79 Å². The van der Waals surface area contributed by atoms with Crippen molar-refractivity contribution in [3.05, 3.63) is 42.5 Å². The number of urea groups is 1. The van der Waals surface area contributed by atoms with Gasteiger partial charge in [-0.05, 0) is 37.1 Å². The Bertz CT molecular complexity index is 1090. The third kappa shape index (κ3) is 8.74. The Hall–Kier alpha value is -3.84. The van der Waals surface area contributed by atoms with E-state index in [1.807, 2.05) is 0 Å². The first-order chi connectivity index (χ1) is 16.8. The van der Waals surface area contributed by atoms with Crippen molar-refractivity contribution in [2.24, 2.45) is 0 Å². The molecule has 1 saturated carbocycles. The molecule has 14 heteroatoms. The van der Waals surface area contributed by atoms with Gasteiger partial charge >= 0.3 is 18.8 Å². The van der Waals surface area contributed by atoms with Crippen LogP contribution in [0.15, 0.2) is 42.5 Å². The number of hydrogen-bond donors (Lipinski definition) is 3. The molecule has 2 aromatic rings. The van der Waals surface area contributed by atoms with Crippen LogP contribution >= 0.6 is 0 Å². The number of carbonyl (C=O) groups is 2. The summed E-state index contributed by atoms with van der Waals surface area (Å²) in [5, 5.41) is 7.37. The van der Waals surface area contributed by atoms with Crippen LogP contribution in [0, 0.1) is 0 Å². The van der Waals surface area contributed by atoms with E-state index in [2.05, 4.69) is 25.4 Å². The molecule has 2 aromatic carbocycles. The van der Waals surface area contributed by atoms with Gasteiger partial charge in [0.25, 0.3) is 0 Å². The van der Waals surface area contributed by atoms with Crippen molar-refractivity contribution in [2.75, 3.05) is 10.6 Å². The summed E-state index contributed by atoms with van der Waals surface area (Å²) >= 11 is 0. The topological polar surface area (TPSA) is 97.9 Å². The highest BCUT2D eigenvalue weighted by molar-refractivity contribution is 5.91. The SMILES string of the molecule is CC(=O)Nc1cc(OC2CCC(NC(=O)Nc3cccc(OC(F)(F)F)c3)C2)ccc1OC(F)(F)F. The molecule has 196 valence electrons. The molecule has 3 amide bonds. The molecule has 1 fully saturated rings. The van der Waals surface area contributed by atoms with Crippen LogP contribution in [-0.4, -0.2) is 36.8 Å². The smallest absolute Gasteiger partial charge is 0.490 e. The number of nitrogens with one attached hydrogen (secondary N) is 3. The normalized spacial score (nSPS) is 17.8. The zero-order chi connectivity index (χ0) is 26.5. The van der Waals surface area contributed by atoms with Gasteiger partial charge in [0.05, 0.1) is 5.69 Å². The summed E-state index contributed by atoms with van der Waals surface area (Å²) in [4.78, 5) is 23.6. The maximum absolute atomic E-state index is 12.6. The highest BCUT2D eigenvalue weighted by Crippen LogP contribution is 2.35. The van der Waals surface area contributed by atoms with E-state index in [1.165, 1.54) is 24.3 Å². The Morgan fingerprint density at radius 2 is 1.61 bits per heavy atom. The van der Waals surface area contributed by atoms with Gasteiger partial charge in [0, 0.05) is 37.2 Å². The van der Waals surface area contributed by atoms with Gasteiger partial charge < -0.3 is 30.2 Å². The lowest BCUT2D eigenvalue weighted by Crippen LogP contribution is -2.37. The maximum Gasteiger partial charge on any atom is 0.573 e. The van der Waals surface area contributed by atoms with Crippen molar-refractivity contribution in [3.63, 3.8) is 0 Å². The quantitative estimate of drug-likeness (QED) is 0.415. The van der Waals surface area contributed by atoms with E-state index in [9.17, 15) is 35.9 Å². The molecule has 8 nitrogen and oxygen atoms in total. The second kappa shape index (κ2) is 10.8. The van der Waals surface area contributed by atoms with Gasteiger partial charge in [0.2, 0.25) is 5.91 Å². The molecule has 0 heterocycles. The fourth-order valence-corrected chi connectivity index (χ4v) is 3.58. The number of hydrogen-bond acceptors (Lipinski definition) is 5. The fourth-order valence-electron chi connectivity index (χ4n) is 3.58. The van der Waals surface area contributed by atoms with Crippen LogP contribution in [0.5, 0.6) is 17.2 Å². The van der Waals surface area contributed by atoms with Gasteiger partial charge in [0.1, 0.15) is 17.6 Å². The highest BCUT2D eigenvalue weighted by atomic mass is 19.4. The van der Waals surface area contributed by atoms with Crippen LogP contribution in [0.2, 0.25) is 0 Å². The molecule has 1 aliphatic rings. The summed E-state index contributed by atoms with van der Waals surface area (Å²) in [5.41, 5.74) is -0.132. The largest absolute Gasteiger partial charge is 0.573 e. The van der Waals surface area contributed by atoms with E-state index in [1.54, 1.807) is 0 Å². The van der Waals surface area contributed by atoms with E-state index in [-0.39, 0.29) is 23.2 Å². The minimum absolute atomic E-state index is 0.0895. The Labute approximate surface area is 200 Å².